The van der Waals surface area contributed by atoms with E-state index in [1.165, 1.54) is 4.90 Å². The van der Waals surface area contributed by atoms with Gasteiger partial charge < -0.3 is 20.4 Å². The van der Waals surface area contributed by atoms with Crippen LogP contribution in [0.3, 0.4) is 0 Å². The number of amides is 1. The Morgan fingerprint density at radius 3 is 2.57 bits per heavy atom. The SMILES string of the molecule is Cl.N[C@@H](Cc1ccccc1)C(=O)N1CCC[C@H]1P(=O)(O)O. The summed E-state index contributed by atoms with van der Waals surface area (Å²) in [4.78, 5) is 32.1. The first-order valence-electron chi connectivity index (χ1n) is 6.55. The molecular weight excluding hydrogens is 315 g/mol. The van der Waals surface area contributed by atoms with Gasteiger partial charge in [0.2, 0.25) is 5.91 Å². The number of benzene rings is 1. The smallest absolute Gasteiger partial charge is 0.327 e. The Labute approximate surface area is 129 Å². The highest BCUT2D eigenvalue weighted by atomic mass is 35.5. The molecule has 21 heavy (non-hydrogen) atoms. The van der Waals surface area contributed by atoms with Crippen molar-refractivity contribution in [2.45, 2.75) is 31.1 Å². The second-order valence-electron chi connectivity index (χ2n) is 5.04. The van der Waals surface area contributed by atoms with Crippen molar-refractivity contribution in [1.82, 2.24) is 4.90 Å². The van der Waals surface area contributed by atoms with E-state index in [1.54, 1.807) is 0 Å². The summed E-state index contributed by atoms with van der Waals surface area (Å²) < 4.78 is 11.4. The van der Waals surface area contributed by atoms with Gasteiger partial charge >= 0.3 is 7.60 Å². The molecule has 1 amide bonds. The predicted molar refractivity (Wildman–Crippen MR) is 82.1 cm³/mol. The lowest BCUT2D eigenvalue weighted by molar-refractivity contribution is -0.132. The number of carbonyl (C=O) groups is 1. The Hall–Kier alpha value is -0.910. The molecule has 1 aliphatic heterocycles. The Bertz CT molecular complexity index is 522. The minimum Gasteiger partial charge on any atom is -0.327 e. The van der Waals surface area contributed by atoms with E-state index < -0.39 is 19.4 Å². The number of carbonyl (C=O) groups excluding carboxylic acids is 1. The van der Waals surface area contributed by atoms with Crippen molar-refractivity contribution in [3.8, 4) is 0 Å². The van der Waals surface area contributed by atoms with Gasteiger partial charge in [-0.2, -0.15) is 0 Å². The molecule has 1 heterocycles. The summed E-state index contributed by atoms with van der Waals surface area (Å²) in [5.41, 5.74) is 6.82. The maximum atomic E-state index is 12.3. The molecule has 0 spiro atoms. The van der Waals surface area contributed by atoms with Gasteiger partial charge in [0.1, 0.15) is 5.78 Å². The Balaban J connectivity index is 0.00000220. The van der Waals surface area contributed by atoms with E-state index in [2.05, 4.69) is 0 Å². The minimum absolute atomic E-state index is 0. The molecule has 0 aromatic heterocycles. The molecule has 1 aromatic rings. The molecule has 1 aliphatic rings. The van der Waals surface area contributed by atoms with E-state index in [9.17, 15) is 19.1 Å². The third-order valence-corrected chi connectivity index (χ3v) is 4.82. The predicted octanol–water partition coefficient (Wildman–Crippen LogP) is 1.10. The lowest BCUT2D eigenvalue weighted by Crippen LogP contribution is -2.46. The van der Waals surface area contributed by atoms with Crippen molar-refractivity contribution < 1.29 is 19.1 Å². The van der Waals surface area contributed by atoms with Crippen LogP contribution in [-0.4, -0.2) is 39.0 Å². The van der Waals surface area contributed by atoms with Crippen LogP contribution < -0.4 is 5.73 Å². The maximum absolute atomic E-state index is 12.3. The lowest BCUT2D eigenvalue weighted by Gasteiger charge is -2.27. The molecule has 1 fully saturated rings. The standard InChI is InChI=1S/C13H19N2O4P.ClH/c14-11(9-10-5-2-1-3-6-10)13(16)15-8-4-7-12(15)20(17,18)19;/h1-3,5-6,11-12H,4,7-9,14H2,(H2,17,18,19);1H/t11-,12+;/m0./s1. The van der Waals surface area contributed by atoms with E-state index in [0.717, 1.165) is 5.56 Å². The maximum Gasteiger partial charge on any atom is 0.347 e. The topological polar surface area (TPSA) is 104 Å². The lowest BCUT2D eigenvalue weighted by atomic mass is 10.1. The van der Waals surface area contributed by atoms with Crippen molar-refractivity contribution in [3.63, 3.8) is 0 Å². The minimum atomic E-state index is -4.30. The van der Waals surface area contributed by atoms with Crippen LogP contribution in [0.2, 0.25) is 0 Å². The molecule has 1 saturated heterocycles. The Morgan fingerprint density at radius 1 is 1.38 bits per heavy atom. The molecule has 2 rings (SSSR count). The second kappa shape index (κ2) is 7.38. The molecule has 4 N–H and O–H groups in total. The first-order chi connectivity index (χ1) is 9.39. The summed E-state index contributed by atoms with van der Waals surface area (Å²) >= 11 is 0. The van der Waals surface area contributed by atoms with Crippen LogP contribution in [0.1, 0.15) is 18.4 Å². The molecule has 118 valence electrons. The summed E-state index contributed by atoms with van der Waals surface area (Å²) in [7, 11) is -4.30. The van der Waals surface area contributed by atoms with Crippen LogP contribution in [0.5, 0.6) is 0 Å². The zero-order chi connectivity index (χ0) is 14.8. The Kier molecular flexibility index (Phi) is 6.38. The highest BCUT2D eigenvalue weighted by molar-refractivity contribution is 7.52. The van der Waals surface area contributed by atoms with Gasteiger partial charge in [0.25, 0.3) is 0 Å². The monoisotopic (exact) mass is 334 g/mol. The van der Waals surface area contributed by atoms with Crippen molar-refractivity contribution >= 4 is 25.9 Å². The van der Waals surface area contributed by atoms with Crippen molar-refractivity contribution in [3.05, 3.63) is 35.9 Å². The summed E-state index contributed by atoms with van der Waals surface area (Å²) in [6.07, 6.45) is 1.29. The number of nitrogens with zero attached hydrogens (tertiary/aromatic N) is 1. The molecule has 0 radical (unpaired) electrons. The van der Waals surface area contributed by atoms with E-state index in [4.69, 9.17) is 5.73 Å². The number of nitrogens with two attached hydrogens (primary N) is 1. The van der Waals surface area contributed by atoms with Gasteiger partial charge in [-0.05, 0) is 24.8 Å². The number of hydrogen-bond donors (Lipinski definition) is 3. The number of hydrogen-bond acceptors (Lipinski definition) is 3. The van der Waals surface area contributed by atoms with Crippen molar-refractivity contribution in [2.24, 2.45) is 5.73 Å². The zero-order valence-corrected chi connectivity index (χ0v) is 13.2. The van der Waals surface area contributed by atoms with Gasteiger partial charge in [0.05, 0.1) is 6.04 Å². The molecule has 0 unspecified atom stereocenters. The molecule has 0 bridgehead atoms. The Morgan fingerprint density at radius 2 is 2.00 bits per heavy atom. The normalized spacial score (nSPS) is 20.0. The van der Waals surface area contributed by atoms with Gasteiger partial charge in [-0.3, -0.25) is 9.36 Å². The first-order valence-corrected chi connectivity index (χ1v) is 8.23. The fraction of sp³-hybridized carbons (Fsp3) is 0.462. The van der Waals surface area contributed by atoms with Gasteiger partial charge in [-0.15, -0.1) is 12.4 Å². The van der Waals surface area contributed by atoms with Gasteiger partial charge in [-0.1, -0.05) is 30.3 Å². The quantitative estimate of drug-likeness (QED) is 0.715. The third-order valence-electron chi connectivity index (χ3n) is 3.51. The zero-order valence-electron chi connectivity index (χ0n) is 11.5. The summed E-state index contributed by atoms with van der Waals surface area (Å²) in [6.45, 7) is 0.358. The van der Waals surface area contributed by atoms with E-state index in [1.807, 2.05) is 30.3 Å². The summed E-state index contributed by atoms with van der Waals surface area (Å²) in [5, 5.41) is 0. The van der Waals surface area contributed by atoms with Gasteiger partial charge in [0.15, 0.2) is 0 Å². The molecule has 0 saturated carbocycles. The van der Waals surface area contributed by atoms with E-state index >= 15 is 0 Å². The largest absolute Gasteiger partial charge is 0.347 e. The van der Waals surface area contributed by atoms with Gasteiger partial charge in [0, 0.05) is 6.54 Å². The molecule has 0 aliphatic carbocycles. The first kappa shape index (κ1) is 18.1. The molecule has 8 heteroatoms. The van der Waals surface area contributed by atoms with Crippen LogP contribution >= 0.6 is 20.0 Å². The van der Waals surface area contributed by atoms with Crippen molar-refractivity contribution in [1.29, 1.82) is 0 Å². The fourth-order valence-corrected chi connectivity index (χ4v) is 3.64. The van der Waals surface area contributed by atoms with Gasteiger partial charge in [-0.25, -0.2) is 0 Å². The number of rotatable bonds is 4. The molecule has 2 atom stereocenters. The molecule has 1 aromatic carbocycles. The third kappa shape index (κ3) is 4.53. The van der Waals surface area contributed by atoms with Crippen LogP contribution in [-0.2, 0) is 15.8 Å². The van der Waals surface area contributed by atoms with E-state index in [0.29, 0.717) is 25.8 Å². The molecule has 6 nitrogen and oxygen atoms in total. The average molecular weight is 335 g/mol. The van der Waals surface area contributed by atoms with E-state index in [-0.39, 0.29) is 18.3 Å². The average Bonchev–Trinajstić information content (AvgIpc) is 2.88. The number of likely N-dealkylation sites (tertiary alicyclic amines) is 1. The van der Waals surface area contributed by atoms with Crippen LogP contribution in [0, 0.1) is 0 Å². The molecular formula is C13H20ClN2O4P. The van der Waals surface area contributed by atoms with Crippen LogP contribution in [0.25, 0.3) is 0 Å². The van der Waals surface area contributed by atoms with Crippen LogP contribution in [0.15, 0.2) is 30.3 Å². The summed E-state index contributed by atoms with van der Waals surface area (Å²) in [6, 6.07) is 8.57. The second-order valence-corrected chi connectivity index (χ2v) is 6.81. The highest BCUT2D eigenvalue weighted by Gasteiger charge is 2.41. The van der Waals surface area contributed by atoms with Crippen LogP contribution in [0.4, 0.5) is 0 Å². The highest BCUT2D eigenvalue weighted by Crippen LogP contribution is 2.47. The van der Waals surface area contributed by atoms with Crippen molar-refractivity contribution in [2.75, 3.05) is 6.54 Å². The number of halogens is 1. The fourth-order valence-electron chi connectivity index (χ4n) is 2.52. The summed E-state index contributed by atoms with van der Waals surface area (Å²) in [5.74, 6) is -1.41.